The maximum absolute atomic E-state index is 12.4. The fourth-order valence-electron chi connectivity index (χ4n) is 3.22. The Bertz CT molecular complexity index is 890. The Balaban J connectivity index is 2.36. The quantitative estimate of drug-likeness (QED) is 0.847. The van der Waals surface area contributed by atoms with E-state index in [1.165, 1.54) is 0 Å². The molecule has 0 aliphatic carbocycles. The Morgan fingerprint density at radius 3 is 2.38 bits per heavy atom. The van der Waals surface area contributed by atoms with E-state index in [-0.39, 0.29) is 12.5 Å². The van der Waals surface area contributed by atoms with Gasteiger partial charge in [0, 0.05) is 12.6 Å². The number of nitrogens with zero attached hydrogens (tertiary/aromatic N) is 2. The van der Waals surface area contributed by atoms with Crippen molar-refractivity contribution in [2.45, 2.75) is 6.92 Å². The Morgan fingerprint density at radius 2 is 1.73 bits per heavy atom. The number of rotatable bonds is 4. The summed E-state index contributed by atoms with van der Waals surface area (Å²) < 4.78 is 16.8. The summed E-state index contributed by atoms with van der Waals surface area (Å²) in [7, 11) is 6.54. The second-order valence-corrected chi connectivity index (χ2v) is 5.97. The van der Waals surface area contributed by atoms with Gasteiger partial charge in [-0.25, -0.2) is 0 Å². The number of aryl methyl sites for hydroxylation is 1. The minimum absolute atomic E-state index is 0.0447. The van der Waals surface area contributed by atoms with Crippen LogP contribution in [-0.4, -0.2) is 46.5 Å². The van der Waals surface area contributed by atoms with E-state index in [0.717, 1.165) is 16.8 Å². The normalized spacial score (nSPS) is 13.7. The highest BCUT2D eigenvalue weighted by atomic mass is 16.5. The summed E-state index contributed by atoms with van der Waals surface area (Å²) in [5.41, 5.74) is 3.83. The standard InChI is InChI=1S/C20H22N2O4/c1-12-10-15(24-3)17(20(26-5)19(12)25-4)18-13-8-6-7-9-14(13)22(2)16(23)11-21-18/h6-10H,11H2,1-5H3. The van der Waals surface area contributed by atoms with Crippen LogP contribution in [0.15, 0.2) is 35.3 Å². The van der Waals surface area contributed by atoms with Crippen LogP contribution in [0, 0.1) is 6.92 Å². The van der Waals surface area contributed by atoms with Crippen LogP contribution in [0.4, 0.5) is 5.69 Å². The molecule has 0 atom stereocenters. The molecule has 6 heteroatoms. The van der Waals surface area contributed by atoms with Gasteiger partial charge in [-0.05, 0) is 24.6 Å². The van der Waals surface area contributed by atoms with Crippen molar-refractivity contribution in [2.24, 2.45) is 4.99 Å². The monoisotopic (exact) mass is 354 g/mol. The van der Waals surface area contributed by atoms with Crippen LogP contribution in [0.25, 0.3) is 0 Å². The first-order valence-corrected chi connectivity index (χ1v) is 8.23. The molecule has 0 fully saturated rings. The van der Waals surface area contributed by atoms with Crippen molar-refractivity contribution in [3.63, 3.8) is 0 Å². The van der Waals surface area contributed by atoms with Crippen molar-refractivity contribution in [1.29, 1.82) is 0 Å². The summed E-state index contributed by atoms with van der Waals surface area (Å²) in [5.74, 6) is 1.69. The molecule has 0 radical (unpaired) electrons. The van der Waals surface area contributed by atoms with Crippen LogP contribution in [0.2, 0.25) is 0 Å². The molecule has 2 aromatic carbocycles. The number of benzodiazepines with no additional fused rings is 1. The number of benzene rings is 2. The highest BCUT2D eigenvalue weighted by Gasteiger charge is 2.28. The molecule has 136 valence electrons. The van der Waals surface area contributed by atoms with E-state index in [0.29, 0.717) is 28.5 Å². The van der Waals surface area contributed by atoms with E-state index in [4.69, 9.17) is 14.2 Å². The summed E-state index contributed by atoms with van der Waals surface area (Å²) in [6, 6.07) is 9.54. The van der Waals surface area contributed by atoms with Gasteiger partial charge in [-0.15, -0.1) is 0 Å². The van der Waals surface area contributed by atoms with E-state index < -0.39 is 0 Å². The van der Waals surface area contributed by atoms with Gasteiger partial charge in [0.15, 0.2) is 11.5 Å². The number of para-hydroxylation sites is 1. The predicted molar refractivity (Wildman–Crippen MR) is 101 cm³/mol. The Kier molecular flexibility index (Phi) is 4.84. The summed E-state index contributed by atoms with van der Waals surface area (Å²) in [6.07, 6.45) is 0. The number of carbonyl (C=O) groups is 1. The molecule has 0 N–H and O–H groups in total. The third-order valence-electron chi connectivity index (χ3n) is 4.52. The Morgan fingerprint density at radius 1 is 1.04 bits per heavy atom. The first-order valence-electron chi connectivity index (χ1n) is 8.23. The SMILES string of the molecule is COc1cc(C)c(OC)c(OC)c1C1=NCC(=O)N(C)c2ccccc21. The van der Waals surface area contributed by atoms with Gasteiger partial charge in [-0.2, -0.15) is 0 Å². The van der Waals surface area contributed by atoms with E-state index in [1.807, 2.05) is 37.3 Å². The molecular weight excluding hydrogens is 332 g/mol. The van der Waals surface area contributed by atoms with Gasteiger partial charge in [-0.3, -0.25) is 9.79 Å². The van der Waals surface area contributed by atoms with Crippen molar-refractivity contribution >= 4 is 17.3 Å². The molecule has 26 heavy (non-hydrogen) atoms. The lowest BCUT2D eigenvalue weighted by Gasteiger charge is -2.21. The number of hydrogen-bond donors (Lipinski definition) is 0. The van der Waals surface area contributed by atoms with E-state index in [9.17, 15) is 4.79 Å². The van der Waals surface area contributed by atoms with Crippen LogP contribution < -0.4 is 19.1 Å². The third kappa shape index (κ3) is 2.77. The van der Waals surface area contributed by atoms with Crippen molar-refractivity contribution in [3.05, 3.63) is 47.0 Å². The maximum Gasteiger partial charge on any atom is 0.248 e. The average molecular weight is 354 g/mol. The molecule has 3 rings (SSSR count). The average Bonchev–Trinajstić information content (AvgIpc) is 2.78. The maximum atomic E-state index is 12.4. The van der Waals surface area contributed by atoms with Gasteiger partial charge in [0.25, 0.3) is 0 Å². The number of hydrogen-bond acceptors (Lipinski definition) is 5. The molecule has 1 amide bonds. The van der Waals surface area contributed by atoms with Crippen LogP contribution in [0.1, 0.15) is 16.7 Å². The molecule has 0 saturated carbocycles. The zero-order chi connectivity index (χ0) is 18.8. The molecule has 0 unspecified atom stereocenters. The van der Waals surface area contributed by atoms with Crippen LogP contribution in [-0.2, 0) is 4.79 Å². The van der Waals surface area contributed by atoms with Gasteiger partial charge in [0.05, 0.1) is 38.3 Å². The molecule has 6 nitrogen and oxygen atoms in total. The predicted octanol–water partition coefficient (Wildman–Crippen LogP) is 2.83. The lowest BCUT2D eigenvalue weighted by molar-refractivity contribution is -0.116. The summed E-state index contributed by atoms with van der Waals surface area (Å²) >= 11 is 0. The molecule has 0 spiro atoms. The van der Waals surface area contributed by atoms with Gasteiger partial charge >= 0.3 is 0 Å². The molecule has 1 heterocycles. The smallest absolute Gasteiger partial charge is 0.248 e. The highest BCUT2D eigenvalue weighted by Crippen LogP contribution is 2.43. The van der Waals surface area contributed by atoms with Crippen molar-refractivity contribution in [3.8, 4) is 17.2 Å². The number of ether oxygens (including phenoxy) is 3. The molecular formula is C20H22N2O4. The third-order valence-corrected chi connectivity index (χ3v) is 4.52. The van der Waals surface area contributed by atoms with E-state index in [1.54, 1.807) is 33.3 Å². The van der Waals surface area contributed by atoms with Crippen LogP contribution in [0.3, 0.4) is 0 Å². The molecule has 1 aliphatic rings. The summed E-state index contributed by atoms with van der Waals surface area (Å²) in [6.45, 7) is 1.97. The molecule has 1 aliphatic heterocycles. The fraction of sp³-hybridized carbons (Fsp3) is 0.300. The number of carbonyl (C=O) groups excluding carboxylic acids is 1. The number of likely N-dealkylation sites (N-methyl/N-ethyl adjacent to an activating group) is 1. The van der Waals surface area contributed by atoms with Crippen molar-refractivity contribution < 1.29 is 19.0 Å². The van der Waals surface area contributed by atoms with Gasteiger partial charge in [0.2, 0.25) is 5.91 Å². The fourth-order valence-corrected chi connectivity index (χ4v) is 3.22. The topological polar surface area (TPSA) is 60.4 Å². The van der Waals surface area contributed by atoms with Gasteiger partial charge in [0.1, 0.15) is 12.3 Å². The van der Waals surface area contributed by atoms with Gasteiger partial charge in [-0.1, -0.05) is 18.2 Å². The number of methoxy groups -OCH3 is 3. The van der Waals surface area contributed by atoms with Crippen LogP contribution >= 0.6 is 0 Å². The molecule has 0 aromatic heterocycles. The zero-order valence-electron chi connectivity index (χ0n) is 15.6. The van der Waals surface area contributed by atoms with E-state index >= 15 is 0 Å². The number of fused-ring (bicyclic) bond motifs is 1. The second-order valence-electron chi connectivity index (χ2n) is 5.97. The van der Waals surface area contributed by atoms with E-state index in [2.05, 4.69) is 4.99 Å². The first kappa shape index (κ1) is 17.8. The van der Waals surface area contributed by atoms with Crippen LogP contribution in [0.5, 0.6) is 17.2 Å². The minimum Gasteiger partial charge on any atom is -0.496 e. The molecule has 0 saturated heterocycles. The molecule has 2 aromatic rings. The molecule has 0 bridgehead atoms. The minimum atomic E-state index is -0.0792. The Labute approximate surface area is 153 Å². The highest BCUT2D eigenvalue weighted by molar-refractivity contribution is 6.22. The largest absolute Gasteiger partial charge is 0.496 e. The van der Waals surface area contributed by atoms with Crippen molar-refractivity contribution in [1.82, 2.24) is 0 Å². The number of anilines is 1. The zero-order valence-corrected chi connectivity index (χ0v) is 15.6. The van der Waals surface area contributed by atoms with Gasteiger partial charge < -0.3 is 19.1 Å². The summed E-state index contributed by atoms with van der Waals surface area (Å²) in [4.78, 5) is 18.6. The number of amides is 1. The van der Waals surface area contributed by atoms with Crippen molar-refractivity contribution in [2.75, 3.05) is 39.8 Å². The number of aliphatic imine (C=N–C) groups is 1. The summed E-state index contributed by atoms with van der Waals surface area (Å²) in [5, 5.41) is 0. The first-order chi connectivity index (χ1) is 12.5. The lowest BCUT2D eigenvalue weighted by Crippen LogP contribution is -2.27. The second kappa shape index (κ2) is 7.07. The lowest BCUT2D eigenvalue weighted by atomic mass is 9.96. The Hall–Kier alpha value is -3.02.